The Balaban J connectivity index is 1.60. The Bertz CT molecular complexity index is 717. The van der Waals surface area contributed by atoms with E-state index in [9.17, 15) is 19.8 Å². The number of hydrogen-bond acceptors (Lipinski definition) is 9. The van der Waals surface area contributed by atoms with Crippen molar-refractivity contribution in [2.75, 3.05) is 12.1 Å². The summed E-state index contributed by atoms with van der Waals surface area (Å²) in [5, 5.41) is 28.9. The molecule has 27 heavy (non-hydrogen) atoms. The number of aromatic nitrogens is 2. The molecule has 1 aliphatic carbocycles. The van der Waals surface area contributed by atoms with Crippen LogP contribution in [0.15, 0.2) is 17.1 Å². The van der Waals surface area contributed by atoms with Crippen LogP contribution in [0.4, 0.5) is 5.82 Å². The lowest BCUT2D eigenvalue weighted by atomic mass is 9.83. The van der Waals surface area contributed by atoms with E-state index in [1.807, 2.05) is 0 Å². The predicted molar refractivity (Wildman–Crippen MR) is 92.3 cm³/mol. The number of rotatable bonds is 5. The van der Waals surface area contributed by atoms with Crippen molar-refractivity contribution in [1.29, 1.82) is 0 Å². The molecule has 4 atom stereocenters. The molecule has 2 heterocycles. The molecule has 0 radical (unpaired) electrons. The fourth-order valence-corrected chi connectivity index (χ4v) is 3.45. The van der Waals surface area contributed by atoms with E-state index in [-0.39, 0.29) is 17.7 Å². The molecule has 1 aliphatic heterocycles. The zero-order valence-corrected chi connectivity index (χ0v) is 15.0. The summed E-state index contributed by atoms with van der Waals surface area (Å²) < 4.78 is 6.29. The Morgan fingerprint density at radius 3 is 2.63 bits per heavy atom. The molecule has 0 bridgehead atoms. The van der Waals surface area contributed by atoms with E-state index in [0.29, 0.717) is 5.92 Å². The maximum absolute atomic E-state index is 12.2. The summed E-state index contributed by atoms with van der Waals surface area (Å²) in [6.45, 7) is 1.66. The third kappa shape index (κ3) is 4.29. The molecule has 1 aromatic heterocycles. The molecule has 0 aromatic carbocycles. The van der Waals surface area contributed by atoms with Crippen LogP contribution in [0.25, 0.3) is 0 Å². The van der Waals surface area contributed by atoms with Crippen LogP contribution in [0.3, 0.4) is 0 Å². The van der Waals surface area contributed by atoms with Gasteiger partial charge in [0.15, 0.2) is 12.0 Å². The van der Waals surface area contributed by atoms with Crippen molar-refractivity contribution in [3.8, 4) is 0 Å². The molecular formula is C17H25N3O7. The van der Waals surface area contributed by atoms with Gasteiger partial charge in [0.05, 0.1) is 12.5 Å². The van der Waals surface area contributed by atoms with E-state index in [2.05, 4.69) is 17.4 Å². The molecule has 150 valence electrons. The van der Waals surface area contributed by atoms with Crippen molar-refractivity contribution in [3.63, 3.8) is 0 Å². The quantitative estimate of drug-likeness (QED) is 0.497. The second kappa shape index (κ2) is 8.34. The first kappa shape index (κ1) is 19.7. The van der Waals surface area contributed by atoms with Crippen molar-refractivity contribution >= 4 is 11.8 Å². The van der Waals surface area contributed by atoms with E-state index in [1.165, 1.54) is 12.3 Å². The SMILES string of the molecule is CC1CCC(C(=O)ONc2ccn([C@@H]3O[C@H](CO)[C@@H](O)[C@H]3O)c(=O)n2)CC1. The topological polar surface area (TPSA) is 143 Å². The zero-order valence-electron chi connectivity index (χ0n) is 15.0. The number of anilines is 1. The largest absolute Gasteiger partial charge is 0.394 e. The summed E-state index contributed by atoms with van der Waals surface area (Å²) in [5.41, 5.74) is 1.62. The number of ether oxygens (including phenoxy) is 1. The first-order valence-electron chi connectivity index (χ1n) is 9.09. The van der Waals surface area contributed by atoms with E-state index in [1.54, 1.807) is 0 Å². The number of nitrogens with one attached hydrogen (secondary N) is 1. The fraction of sp³-hybridized carbons (Fsp3) is 0.706. The van der Waals surface area contributed by atoms with Crippen LogP contribution in [0.1, 0.15) is 38.8 Å². The lowest BCUT2D eigenvalue weighted by Gasteiger charge is -2.24. The molecule has 1 saturated carbocycles. The van der Waals surface area contributed by atoms with E-state index in [0.717, 1.165) is 30.3 Å². The Labute approximate surface area is 155 Å². The zero-order chi connectivity index (χ0) is 19.6. The second-order valence-electron chi connectivity index (χ2n) is 7.21. The molecule has 0 amide bonds. The van der Waals surface area contributed by atoms with Crippen LogP contribution < -0.4 is 11.2 Å². The maximum Gasteiger partial charge on any atom is 0.351 e. The van der Waals surface area contributed by atoms with Crippen LogP contribution >= 0.6 is 0 Å². The summed E-state index contributed by atoms with van der Waals surface area (Å²) in [6.07, 6.45) is -0.0302. The highest BCUT2D eigenvalue weighted by Crippen LogP contribution is 2.29. The van der Waals surface area contributed by atoms with Crippen molar-refractivity contribution in [1.82, 2.24) is 9.55 Å². The first-order chi connectivity index (χ1) is 12.9. The number of aliphatic hydroxyl groups excluding tert-OH is 3. The van der Waals surface area contributed by atoms with Gasteiger partial charge in [-0.25, -0.2) is 15.1 Å². The van der Waals surface area contributed by atoms with Gasteiger partial charge in [0.2, 0.25) is 0 Å². The normalized spacial score (nSPS) is 33.6. The highest BCUT2D eigenvalue weighted by Gasteiger charge is 2.43. The maximum atomic E-state index is 12.2. The van der Waals surface area contributed by atoms with E-state index < -0.39 is 36.8 Å². The number of nitrogens with zero attached hydrogens (tertiary/aromatic N) is 2. The highest BCUT2D eigenvalue weighted by molar-refractivity contribution is 5.73. The lowest BCUT2D eigenvalue weighted by molar-refractivity contribution is -0.146. The smallest absolute Gasteiger partial charge is 0.351 e. The standard InChI is InChI=1S/C17H25N3O7/c1-9-2-4-10(5-3-9)16(24)27-19-12-6-7-20(17(25)18-12)15-14(23)13(22)11(8-21)26-15/h6-7,9-11,13-15,21-23H,2-5,8H2,1H3,(H,18,19,25)/t9?,10?,11-,13-,14-,15-/m1/s1. The van der Waals surface area contributed by atoms with Crippen LogP contribution in [0.2, 0.25) is 0 Å². The van der Waals surface area contributed by atoms with Gasteiger partial charge < -0.3 is 24.9 Å². The molecule has 2 fully saturated rings. The van der Waals surface area contributed by atoms with Crippen LogP contribution in [-0.4, -0.2) is 55.8 Å². The number of hydrogen-bond donors (Lipinski definition) is 4. The highest BCUT2D eigenvalue weighted by atomic mass is 16.7. The molecule has 4 N–H and O–H groups in total. The Kier molecular flexibility index (Phi) is 6.10. The molecule has 10 nitrogen and oxygen atoms in total. The predicted octanol–water partition coefficient (Wildman–Crippen LogP) is -0.449. The van der Waals surface area contributed by atoms with Crippen molar-refractivity contribution in [2.24, 2.45) is 11.8 Å². The molecule has 0 unspecified atom stereocenters. The molecule has 10 heteroatoms. The van der Waals surface area contributed by atoms with E-state index in [4.69, 9.17) is 14.7 Å². The fourth-order valence-electron chi connectivity index (χ4n) is 3.45. The number of carbonyl (C=O) groups is 1. The minimum Gasteiger partial charge on any atom is -0.394 e. The minimum atomic E-state index is -1.38. The summed E-state index contributed by atoms with van der Waals surface area (Å²) in [7, 11) is 0. The summed E-state index contributed by atoms with van der Waals surface area (Å²) in [4.78, 5) is 33.1. The van der Waals surface area contributed by atoms with Crippen molar-refractivity contribution in [3.05, 3.63) is 22.7 Å². The molecule has 1 aromatic rings. The summed E-state index contributed by atoms with van der Waals surface area (Å²) in [6, 6.07) is 1.38. The second-order valence-corrected chi connectivity index (χ2v) is 7.21. The summed E-state index contributed by atoms with van der Waals surface area (Å²) in [5.74, 6) is 0.123. The Hall–Kier alpha value is -2.01. The van der Waals surface area contributed by atoms with Crippen LogP contribution in [-0.2, 0) is 14.4 Å². The average Bonchev–Trinajstić information content (AvgIpc) is 2.95. The van der Waals surface area contributed by atoms with Gasteiger partial charge in [-0.3, -0.25) is 4.57 Å². The van der Waals surface area contributed by atoms with Gasteiger partial charge in [0.25, 0.3) is 0 Å². The molecule has 1 saturated heterocycles. The third-order valence-corrected chi connectivity index (χ3v) is 5.23. The van der Waals surface area contributed by atoms with Gasteiger partial charge >= 0.3 is 11.7 Å². The molecular weight excluding hydrogens is 358 g/mol. The van der Waals surface area contributed by atoms with Gasteiger partial charge in [0, 0.05) is 12.3 Å². The van der Waals surface area contributed by atoms with Crippen LogP contribution in [0.5, 0.6) is 0 Å². The third-order valence-electron chi connectivity index (χ3n) is 5.23. The number of carbonyl (C=O) groups excluding carboxylic acids is 1. The molecule has 0 spiro atoms. The monoisotopic (exact) mass is 383 g/mol. The van der Waals surface area contributed by atoms with Crippen molar-refractivity contribution in [2.45, 2.75) is 57.1 Å². The lowest BCUT2D eigenvalue weighted by Crippen LogP contribution is -2.36. The van der Waals surface area contributed by atoms with Crippen LogP contribution in [0, 0.1) is 11.8 Å². The van der Waals surface area contributed by atoms with Gasteiger partial charge in [0.1, 0.15) is 18.3 Å². The minimum absolute atomic E-state index is 0.0421. The van der Waals surface area contributed by atoms with Gasteiger partial charge in [-0.05, 0) is 31.6 Å². The van der Waals surface area contributed by atoms with Gasteiger partial charge in [-0.15, -0.1) is 0 Å². The number of aliphatic hydroxyl groups is 3. The van der Waals surface area contributed by atoms with Gasteiger partial charge in [-0.2, -0.15) is 4.98 Å². The van der Waals surface area contributed by atoms with Gasteiger partial charge in [-0.1, -0.05) is 6.92 Å². The van der Waals surface area contributed by atoms with Crippen molar-refractivity contribution < 1.29 is 29.7 Å². The Morgan fingerprint density at radius 2 is 2.04 bits per heavy atom. The van der Waals surface area contributed by atoms with E-state index >= 15 is 0 Å². The average molecular weight is 383 g/mol. The molecule has 3 rings (SSSR count). The first-order valence-corrected chi connectivity index (χ1v) is 9.09. The molecule has 2 aliphatic rings. The summed E-state index contributed by atoms with van der Waals surface area (Å²) >= 11 is 0. The Morgan fingerprint density at radius 1 is 1.33 bits per heavy atom.